The van der Waals surface area contributed by atoms with Crippen LogP contribution < -0.4 is 0 Å². The lowest BCUT2D eigenvalue weighted by atomic mass is 10.1. The molecule has 4 heteroatoms. The first-order valence-electron chi connectivity index (χ1n) is 5.63. The van der Waals surface area contributed by atoms with Gasteiger partial charge in [0.2, 0.25) is 0 Å². The van der Waals surface area contributed by atoms with Crippen molar-refractivity contribution in [1.82, 2.24) is 9.38 Å². The summed E-state index contributed by atoms with van der Waals surface area (Å²) < 4.78 is 1.83. The molecule has 0 fully saturated rings. The van der Waals surface area contributed by atoms with E-state index in [0.29, 0.717) is 17.3 Å². The fraction of sp³-hybridized carbons (Fsp3) is 0.0714. The second-order valence-electron chi connectivity index (χ2n) is 4.11. The topological polar surface area (TPSA) is 37.5 Å². The van der Waals surface area contributed by atoms with Gasteiger partial charge in [-0.2, -0.15) is 0 Å². The summed E-state index contributed by atoms with van der Waals surface area (Å²) in [4.78, 5) is 4.48. The van der Waals surface area contributed by atoms with E-state index in [1.54, 1.807) is 12.1 Å². The Morgan fingerprint density at radius 3 is 2.72 bits per heavy atom. The molecule has 3 nitrogen and oxygen atoms in total. The maximum Gasteiger partial charge on any atom is 0.138 e. The van der Waals surface area contributed by atoms with Crippen molar-refractivity contribution < 1.29 is 5.11 Å². The standard InChI is InChI=1S/C14H11ClN2O/c15-13-6-3-7-14-16-11(9-17(13)14)8-10-4-1-2-5-12(10)18/h1-7,9,18H,8H2. The van der Waals surface area contributed by atoms with Crippen molar-refractivity contribution >= 4 is 17.2 Å². The van der Waals surface area contributed by atoms with E-state index in [-0.39, 0.29) is 0 Å². The number of phenols is 1. The molecular formula is C14H11ClN2O. The predicted octanol–water partition coefficient (Wildman–Crippen LogP) is 3.28. The highest BCUT2D eigenvalue weighted by Crippen LogP contribution is 2.20. The van der Waals surface area contributed by atoms with Gasteiger partial charge in [-0.15, -0.1) is 0 Å². The summed E-state index contributed by atoms with van der Waals surface area (Å²) >= 11 is 6.08. The monoisotopic (exact) mass is 258 g/mol. The zero-order chi connectivity index (χ0) is 12.5. The first-order valence-corrected chi connectivity index (χ1v) is 6.01. The number of para-hydroxylation sites is 1. The average Bonchev–Trinajstić information content (AvgIpc) is 2.76. The van der Waals surface area contributed by atoms with Gasteiger partial charge in [0, 0.05) is 12.6 Å². The van der Waals surface area contributed by atoms with Crippen molar-refractivity contribution in [2.75, 3.05) is 0 Å². The third-order valence-electron chi connectivity index (χ3n) is 2.86. The van der Waals surface area contributed by atoms with E-state index in [2.05, 4.69) is 4.98 Å². The molecule has 0 bridgehead atoms. The number of fused-ring (bicyclic) bond motifs is 1. The van der Waals surface area contributed by atoms with Gasteiger partial charge < -0.3 is 5.11 Å². The number of nitrogens with zero attached hydrogens (tertiary/aromatic N) is 2. The van der Waals surface area contributed by atoms with Crippen LogP contribution in [0.4, 0.5) is 0 Å². The number of hydrogen-bond acceptors (Lipinski definition) is 2. The number of hydrogen-bond donors (Lipinski definition) is 1. The molecule has 3 rings (SSSR count). The Morgan fingerprint density at radius 2 is 1.94 bits per heavy atom. The second kappa shape index (κ2) is 4.35. The zero-order valence-electron chi connectivity index (χ0n) is 9.55. The van der Waals surface area contributed by atoms with Gasteiger partial charge in [0.05, 0.1) is 5.69 Å². The van der Waals surface area contributed by atoms with Crippen LogP contribution in [0, 0.1) is 0 Å². The smallest absolute Gasteiger partial charge is 0.138 e. The number of phenolic OH excluding ortho intramolecular Hbond substituents is 1. The summed E-state index contributed by atoms with van der Waals surface area (Å²) in [6.07, 6.45) is 2.48. The Bertz CT molecular complexity index is 706. The van der Waals surface area contributed by atoms with E-state index in [4.69, 9.17) is 11.6 Å². The molecule has 0 radical (unpaired) electrons. The van der Waals surface area contributed by atoms with E-state index in [1.807, 2.05) is 40.9 Å². The lowest BCUT2D eigenvalue weighted by Gasteiger charge is -2.00. The van der Waals surface area contributed by atoms with Gasteiger partial charge in [0.1, 0.15) is 16.5 Å². The molecule has 0 saturated carbocycles. The summed E-state index contributed by atoms with van der Waals surface area (Å²) in [5.41, 5.74) is 2.55. The highest BCUT2D eigenvalue weighted by molar-refractivity contribution is 6.29. The Hall–Kier alpha value is -2.00. The number of aromatic hydroxyl groups is 1. The second-order valence-corrected chi connectivity index (χ2v) is 4.50. The minimum absolute atomic E-state index is 0.292. The highest BCUT2D eigenvalue weighted by atomic mass is 35.5. The lowest BCUT2D eigenvalue weighted by Crippen LogP contribution is -1.88. The van der Waals surface area contributed by atoms with Gasteiger partial charge in [0.15, 0.2) is 0 Å². The lowest BCUT2D eigenvalue weighted by molar-refractivity contribution is 0.469. The molecule has 2 aromatic heterocycles. The largest absolute Gasteiger partial charge is 0.508 e. The zero-order valence-corrected chi connectivity index (χ0v) is 10.3. The van der Waals surface area contributed by atoms with Crippen LogP contribution in [0.3, 0.4) is 0 Å². The van der Waals surface area contributed by atoms with Gasteiger partial charge in [-0.05, 0) is 23.8 Å². The minimum Gasteiger partial charge on any atom is -0.508 e. The molecule has 0 atom stereocenters. The summed E-state index contributed by atoms with van der Waals surface area (Å²) in [7, 11) is 0. The maximum atomic E-state index is 9.74. The molecular weight excluding hydrogens is 248 g/mol. The summed E-state index contributed by atoms with van der Waals surface area (Å²) in [5.74, 6) is 0.292. The molecule has 0 saturated heterocycles. The van der Waals surface area contributed by atoms with Crippen LogP contribution in [0.2, 0.25) is 5.15 Å². The SMILES string of the molecule is Oc1ccccc1Cc1cn2c(Cl)cccc2n1. The van der Waals surface area contributed by atoms with Gasteiger partial charge in [-0.25, -0.2) is 4.98 Å². The molecule has 90 valence electrons. The third kappa shape index (κ3) is 1.93. The van der Waals surface area contributed by atoms with Crippen molar-refractivity contribution in [2.24, 2.45) is 0 Å². The summed E-state index contributed by atoms with van der Waals surface area (Å²) in [5, 5.41) is 10.4. The fourth-order valence-electron chi connectivity index (χ4n) is 1.97. The number of aromatic nitrogens is 2. The highest BCUT2D eigenvalue weighted by Gasteiger charge is 2.07. The maximum absolute atomic E-state index is 9.74. The van der Waals surface area contributed by atoms with Crippen LogP contribution in [0.1, 0.15) is 11.3 Å². The minimum atomic E-state index is 0.292. The molecule has 0 amide bonds. The predicted molar refractivity (Wildman–Crippen MR) is 71.1 cm³/mol. The molecule has 2 heterocycles. The van der Waals surface area contributed by atoms with E-state index < -0.39 is 0 Å². The molecule has 0 aliphatic carbocycles. The Balaban J connectivity index is 2.01. The van der Waals surface area contributed by atoms with E-state index in [9.17, 15) is 5.11 Å². The Morgan fingerprint density at radius 1 is 1.11 bits per heavy atom. The molecule has 18 heavy (non-hydrogen) atoms. The molecule has 0 aliphatic rings. The van der Waals surface area contributed by atoms with E-state index in [1.165, 1.54) is 0 Å². The van der Waals surface area contributed by atoms with Crippen LogP contribution in [0.5, 0.6) is 5.75 Å². The Labute approximate surface area is 109 Å². The van der Waals surface area contributed by atoms with Crippen LogP contribution in [-0.2, 0) is 6.42 Å². The third-order valence-corrected chi connectivity index (χ3v) is 3.16. The van der Waals surface area contributed by atoms with Crippen molar-refractivity contribution in [2.45, 2.75) is 6.42 Å². The van der Waals surface area contributed by atoms with E-state index in [0.717, 1.165) is 16.9 Å². The van der Waals surface area contributed by atoms with Crippen molar-refractivity contribution in [3.8, 4) is 5.75 Å². The van der Waals surface area contributed by atoms with Crippen molar-refractivity contribution in [3.63, 3.8) is 0 Å². The van der Waals surface area contributed by atoms with E-state index >= 15 is 0 Å². The average molecular weight is 259 g/mol. The Kier molecular flexibility index (Phi) is 2.68. The van der Waals surface area contributed by atoms with Gasteiger partial charge in [-0.3, -0.25) is 4.40 Å². The summed E-state index contributed by atoms with van der Waals surface area (Å²) in [6, 6.07) is 12.9. The van der Waals surface area contributed by atoms with Crippen LogP contribution in [0.15, 0.2) is 48.7 Å². The van der Waals surface area contributed by atoms with Crippen molar-refractivity contribution in [1.29, 1.82) is 0 Å². The quantitative estimate of drug-likeness (QED) is 0.717. The van der Waals surface area contributed by atoms with Crippen LogP contribution >= 0.6 is 11.6 Å². The first kappa shape index (κ1) is 11.1. The first-order chi connectivity index (χ1) is 8.74. The molecule has 0 unspecified atom stereocenters. The van der Waals surface area contributed by atoms with Gasteiger partial charge in [-0.1, -0.05) is 35.9 Å². The molecule has 0 aliphatic heterocycles. The molecule has 3 aromatic rings. The van der Waals surface area contributed by atoms with Crippen LogP contribution in [0.25, 0.3) is 5.65 Å². The van der Waals surface area contributed by atoms with Crippen molar-refractivity contribution in [3.05, 3.63) is 65.1 Å². The van der Waals surface area contributed by atoms with Gasteiger partial charge in [0.25, 0.3) is 0 Å². The summed E-state index contributed by atoms with van der Waals surface area (Å²) in [6.45, 7) is 0. The number of halogens is 1. The van der Waals surface area contributed by atoms with Crippen LogP contribution in [-0.4, -0.2) is 14.5 Å². The normalized spacial score (nSPS) is 10.9. The molecule has 1 aromatic carbocycles. The fourth-order valence-corrected chi connectivity index (χ4v) is 2.18. The number of imidazole rings is 1. The van der Waals surface area contributed by atoms with Gasteiger partial charge >= 0.3 is 0 Å². The number of benzene rings is 1. The molecule has 1 N–H and O–H groups in total. The number of rotatable bonds is 2. The molecule has 0 spiro atoms. The number of pyridine rings is 1.